The fourth-order valence-corrected chi connectivity index (χ4v) is 2.65. The number of hydrogen-bond acceptors (Lipinski definition) is 6. The molecule has 0 bridgehead atoms. The number of carbonyl (C=O) groups is 1. The number of hydrogen-bond donors (Lipinski definition) is 2. The first-order valence-electron chi connectivity index (χ1n) is 9.24. The van der Waals surface area contributed by atoms with Gasteiger partial charge < -0.3 is 15.4 Å². The zero-order valence-corrected chi connectivity index (χ0v) is 15.7. The van der Waals surface area contributed by atoms with E-state index in [1.165, 1.54) is 12.1 Å². The van der Waals surface area contributed by atoms with Crippen molar-refractivity contribution in [1.29, 1.82) is 0 Å². The van der Waals surface area contributed by atoms with Crippen LogP contribution in [0.1, 0.15) is 29.5 Å². The van der Waals surface area contributed by atoms with Gasteiger partial charge in [-0.15, -0.1) is 15.3 Å². The molecule has 0 unspecified atom stereocenters. The molecule has 8 nitrogen and oxygen atoms in total. The molecule has 0 fully saturated rings. The minimum atomic E-state index is -0.547. The van der Waals surface area contributed by atoms with E-state index in [-0.39, 0.29) is 5.56 Å². The van der Waals surface area contributed by atoms with E-state index in [9.17, 15) is 9.18 Å². The summed E-state index contributed by atoms with van der Waals surface area (Å²) in [5, 5.41) is 18.6. The Hall–Kier alpha value is -3.07. The lowest BCUT2D eigenvalue weighted by molar-refractivity contribution is 0.0950. The number of benzene rings is 1. The van der Waals surface area contributed by atoms with Gasteiger partial charge >= 0.3 is 0 Å². The Morgan fingerprint density at radius 2 is 2.04 bits per heavy atom. The molecule has 0 spiro atoms. The predicted octanol–water partition coefficient (Wildman–Crippen LogP) is 2.07. The Morgan fingerprint density at radius 1 is 1.18 bits per heavy atom. The topological polar surface area (TPSA) is 93.4 Å². The van der Waals surface area contributed by atoms with Gasteiger partial charge in [0.1, 0.15) is 11.6 Å². The monoisotopic (exact) mass is 386 g/mol. The van der Waals surface area contributed by atoms with Crippen LogP contribution in [0.25, 0.3) is 5.65 Å². The molecule has 0 aliphatic carbocycles. The number of ether oxygens (including phenoxy) is 1. The standard InChI is InChI=1S/C19H23FN6O2/c1-2-28-13-5-11-21-16-8-9-17-23-24-18(26(17)25-16)10-12-22-19(27)14-6-3-4-7-15(14)20/h3-4,6-9H,2,5,10-13H2,1H3,(H,21,25)(H,22,27). The van der Waals surface area contributed by atoms with Gasteiger partial charge in [-0.05, 0) is 37.6 Å². The maximum atomic E-state index is 13.7. The van der Waals surface area contributed by atoms with Gasteiger partial charge in [0.25, 0.3) is 5.91 Å². The number of nitrogens with one attached hydrogen (secondary N) is 2. The highest BCUT2D eigenvalue weighted by Crippen LogP contribution is 2.08. The van der Waals surface area contributed by atoms with E-state index in [2.05, 4.69) is 25.9 Å². The molecule has 28 heavy (non-hydrogen) atoms. The Kier molecular flexibility index (Phi) is 6.85. The number of nitrogens with zero attached hydrogens (tertiary/aromatic N) is 4. The maximum absolute atomic E-state index is 13.7. The summed E-state index contributed by atoms with van der Waals surface area (Å²) in [6.45, 7) is 4.42. The molecule has 0 saturated carbocycles. The summed E-state index contributed by atoms with van der Waals surface area (Å²) in [6, 6.07) is 9.54. The second-order valence-electron chi connectivity index (χ2n) is 6.07. The van der Waals surface area contributed by atoms with Crippen molar-refractivity contribution in [3.63, 3.8) is 0 Å². The van der Waals surface area contributed by atoms with E-state index in [4.69, 9.17) is 4.74 Å². The van der Waals surface area contributed by atoms with Gasteiger partial charge in [0, 0.05) is 32.7 Å². The molecule has 3 aromatic rings. The van der Waals surface area contributed by atoms with Crippen LogP contribution in [0.4, 0.5) is 10.2 Å². The van der Waals surface area contributed by atoms with E-state index in [1.807, 2.05) is 19.1 Å². The van der Waals surface area contributed by atoms with Crippen LogP contribution in [0.15, 0.2) is 36.4 Å². The zero-order chi connectivity index (χ0) is 19.8. The van der Waals surface area contributed by atoms with Gasteiger partial charge in [0.15, 0.2) is 11.5 Å². The molecular weight excluding hydrogens is 363 g/mol. The van der Waals surface area contributed by atoms with Gasteiger partial charge in [-0.2, -0.15) is 4.52 Å². The summed E-state index contributed by atoms with van der Waals surface area (Å²) >= 11 is 0. The molecule has 0 saturated heterocycles. The first kappa shape index (κ1) is 19.7. The van der Waals surface area contributed by atoms with Crippen molar-refractivity contribution in [3.05, 3.63) is 53.6 Å². The first-order chi connectivity index (χ1) is 13.7. The van der Waals surface area contributed by atoms with Crippen LogP contribution in [-0.4, -0.2) is 52.0 Å². The molecule has 1 aromatic carbocycles. The number of rotatable bonds is 10. The first-order valence-corrected chi connectivity index (χ1v) is 9.24. The molecule has 1 amide bonds. The summed E-state index contributed by atoms with van der Waals surface area (Å²) < 4.78 is 20.6. The van der Waals surface area contributed by atoms with Crippen molar-refractivity contribution in [2.45, 2.75) is 19.8 Å². The molecule has 148 valence electrons. The molecule has 2 heterocycles. The molecule has 9 heteroatoms. The summed E-state index contributed by atoms with van der Waals surface area (Å²) in [5.41, 5.74) is 0.639. The molecule has 0 atom stereocenters. The second kappa shape index (κ2) is 9.75. The highest BCUT2D eigenvalue weighted by molar-refractivity contribution is 5.94. The lowest BCUT2D eigenvalue weighted by atomic mass is 10.2. The third-order valence-electron chi connectivity index (χ3n) is 4.06. The van der Waals surface area contributed by atoms with Gasteiger partial charge in [-0.25, -0.2) is 4.39 Å². The van der Waals surface area contributed by atoms with E-state index in [0.29, 0.717) is 43.5 Å². The van der Waals surface area contributed by atoms with E-state index >= 15 is 0 Å². The van der Waals surface area contributed by atoms with E-state index in [0.717, 1.165) is 13.0 Å². The van der Waals surface area contributed by atoms with Crippen LogP contribution in [0.2, 0.25) is 0 Å². The van der Waals surface area contributed by atoms with Crippen molar-refractivity contribution in [1.82, 2.24) is 25.1 Å². The third-order valence-corrected chi connectivity index (χ3v) is 4.06. The number of fused-ring (bicyclic) bond motifs is 1. The van der Waals surface area contributed by atoms with E-state index in [1.54, 1.807) is 16.6 Å². The zero-order valence-electron chi connectivity index (χ0n) is 15.7. The number of carbonyl (C=O) groups excluding carboxylic acids is 1. The predicted molar refractivity (Wildman–Crippen MR) is 103 cm³/mol. The molecule has 0 radical (unpaired) electrons. The number of halogens is 1. The van der Waals surface area contributed by atoms with Crippen LogP contribution in [0, 0.1) is 5.82 Å². The van der Waals surface area contributed by atoms with Crippen molar-refractivity contribution in [3.8, 4) is 0 Å². The Balaban J connectivity index is 1.56. The smallest absolute Gasteiger partial charge is 0.254 e. The summed E-state index contributed by atoms with van der Waals surface area (Å²) in [4.78, 5) is 12.1. The Morgan fingerprint density at radius 3 is 2.86 bits per heavy atom. The van der Waals surface area contributed by atoms with Gasteiger partial charge in [0.2, 0.25) is 0 Å². The third kappa shape index (κ3) is 5.01. The lowest BCUT2D eigenvalue weighted by Gasteiger charge is -2.07. The average Bonchev–Trinajstić information content (AvgIpc) is 3.10. The lowest BCUT2D eigenvalue weighted by Crippen LogP contribution is -2.27. The summed E-state index contributed by atoms with van der Waals surface area (Å²) in [6.07, 6.45) is 1.30. The van der Waals surface area contributed by atoms with Crippen molar-refractivity contribution in [2.75, 3.05) is 31.6 Å². The second-order valence-corrected chi connectivity index (χ2v) is 6.07. The van der Waals surface area contributed by atoms with Gasteiger partial charge in [-0.3, -0.25) is 4.79 Å². The quantitative estimate of drug-likeness (QED) is 0.518. The Bertz CT molecular complexity index is 930. The molecule has 2 aromatic heterocycles. The van der Waals surface area contributed by atoms with Crippen LogP contribution < -0.4 is 10.6 Å². The summed E-state index contributed by atoms with van der Waals surface area (Å²) in [5.74, 6) is 0.313. The van der Waals surface area contributed by atoms with E-state index < -0.39 is 11.7 Å². The fourth-order valence-electron chi connectivity index (χ4n) is 2.65. The average molecular weight is 386 g/mol. The Labute approximate surface area is 162 Å². The molecule has 2 N–H and O–H groups in total. The van der Waals surface area contributed by atoms with Crippen LogP contribution in [-0.2, 0) is 11.2 Å². The van der Waals surface area contributed by atoms with Gasteiger partial charge in [-0.1, -0.05) is 12.1 Å². The number of aromatic nitrogens is 4. The molecular formula is C19H23FN6O2. The number of anilines is 1. The molecule has 0 aliphatic heterocycles. The van der Waals surface area contributed by atoms with Crippen LogP contribution >= 0.6 is 0 Å². The minimum absolute atomic E-state index is 0.0188. The molecule has 0 aliphatic rings. The van der Waals surface area contributed by atoms with Crippen molar-refractivity contribution in [2.24, 2.45) is 0 Å². The van der Waals surface area contributed by atoms with Crippen molar-refractivity contribution >= 4 is 17.4 Å². The van der Waals surface area contributed by atoms with Crippen LogP contribution in [0.5, 0.6) is 0 Å². The highest BCUT2D eigenvalue weighted by atomic mass is 19.1. The highest BCUT2D eigenvalue weighted by Gasteiger charge is 2.12. The minimum Gasteiger partial charge on any atom is -0.382 e. The molecule has 3 rings (SSSR count). The maximum Gasteiger partial charge on any atom is 0.254 e. The largest absolute Gasteiger partial charge is 0.382 e. The summed E-state index contributed by atoms with van der Waals surface area (Å²) in [7, 11) is 0. The SMILES string of the molecule is CCOCCCNc1ccc2nnc(CCNC(=O)c3ccccc3F)n2n1. The normalized spacial score (nSPS) is 10.9. The number of amides is 1. The van der Waals surface area contributed by atoms with Crippen molar-refractivity contribution < 1.29 is 13.9 Å². The van der Waals surface area contributed by atoms with Crippen LogP contribution in [0.3, 0.4) is 0 Å². The fraction of sp³-hybridized carbons (Fsp3) is 0.368. The van der Waals surface area contributed by atoms with Gasteiger partial charge in [0.05, 0.1) is 5.56 Å².